The third kappa shape index (κ3) is 6.47. The molecule has 25 heavy (non-hydrogen) atoms. The zero-order valence-electron chi connectivity index (χ0n) is 14.0. The van der Waals surface area contributed by atoms with Crippen molar-refractivity contribution in [1.29, 1.82) is 0 Å². The van der Waals surface area contributed by atoms with Gasteiger partial charge < -0.3 is 14.8 Å². The minimum Gasteiger partial charge on any atom is -0.494 e. The summed E-state index contributed by atoms with van der Waals surface area (Å²) in [6.45, 7) is 2.87. The number of nitrogens with one attached hydrogen (secondary N) is 1. The average Bonchev–Trinajstić information content (AvgIpc) is 2.65. The van der Waals surface area contributed by atoms with Crippen LogP contribution >= 0.6 is 0 Å². The lowest BCUT2D eigenvalue weighted by molar-refractivity contribution is -0.137. The number of amides is 1. The molecule has 1 heterocycles. The zero-order chi connectivity index (χ0) is 17.9. The molecule has 0 atom stereocenters. The summed E-state index contributed by atoms with van der Waals surface area (Å²) in [4.78, 5) is 27.3. The number of ether oxygens (including phenoxy) is 2. The molecule has 0 aliphatic carbocycles. The maximum Gasteiger partial charge on any atom is 0.330 e. The second kappa shape index (κ2) is 9.87. The normalized spacial score (nSPS) is 10.4. The molecule has 0 aliphatic heterocycles. The highest BCUT2D eigenvalue weighted by Gasteiger charge is 2.04. The molecule has 6 heteroatoms. The summed E-state index contributed by atoms with van der Waals surface area (Å²) in [5.74, 6) is 0.0857. The summed E-state index contributed by atoms with van der Waals surface area (Å²) in [5, 5.41) is 2.66. The van der Waals surface area contributed by atoms with Crippen LogP contribution < -0.4 is 10.1 Å². The van der Waals surface area contributed by atoms with E-state index in [-0.39, 0.29) is 19.1 Å². The van der Waals surface area contributed by atoms with Crippen molar-refractivity contribution in [3.05, 3.63) is 66.0 Å². The number of rotatable bonds is 8. The van der Waals surface area contributed by atoms with Gasteiger partial charge in [-0.15, -0.1) is 0 Å². The van der Waals surface area contributed by atoms with Gasteiger partial charge in [-0.1, -0.05) is 12.1 Å². The van der Waals surface area contributed by atoms with Crippen molar-refractivity contribution < 1.29 is 19.1 Å². The van der Waals surface area contributed by atoms with E-state index in [1.54, 1.807) is 30.6 Å². The Morgan fingerprint density at radius 1 is 1.12 bits per heavy atom. The van der Waals surface area contributed by atoms with Gasteiger partial charge in [-0.05, 0) is 42.8 Å². The van der Waals surface area contributed by atoms with Crippen LogP contribution in [-0.2, 0) is 9.53 Å². The van der Waals surface area contributed by atoms with E-state index in [0.717, 1.165) is 11.3 Å². The van der Waals surface area contributed by atoms with Gasteiger partial charge >= 0.3 is 5.97 Å². The summed E-state index contributed by atoms with van der Waals surface area (Å²) in [6, 6.07) is 10.6. The Balaban J connectivity index is 1.69. The highest BCUT2D eigenvalue weighted by atomic mass is 16.5. The highest BCUT2D eigenvalue weighted by Crippen LogP contribution is 2.13. The first kappa shape index (κ1) is 18.2. The van der Waals surface area contributed by atoms with Gasteiger partial charge in [0.2, 0.25) is 0 Å². The lowest BCUT2D eigenvalue weighted by atomic mass is 10.2. The number of aromatic nitrogens is 1. The topological polar surface area (TPSA) is 77.5 Å². The Bertz CT molecular complexity index is 712. The van der Waals surface area contributed by atoms with Gasteiger partial charge in [0.1, 0.15) is 12.4 Å². The van der Waals surface area contributed by atoms with E-state index in [1.165, 1.54) is 6.08 Å². The van der Waals surface area contributed by atoms with Crippen LogP contribution in [0.15, 0.2) is 54.9 Å². The number of benzene rings is 1. The zero-order valence-corrected chi connectivity index (χ0v) is 14.0. The molecular weight excluding hydrogens is 320 g/mol. The fraction of sp³-hybridized carbons (Fsp3) is 0.211. The van der Waals surface area contributed by atoms with Gasteiger partial charge in [0.05, 0.1) is 13.2 Å². The first-order chi connectivity index (χ1) is 12.2. The quantitative estimate of drug-likeness (QED) is 0.454. The molecule has 0 saturated carbocycles. The first-order valence-electron chi connectivity index (χ1n) is 7.95. The molecule has 0 bridgehead atoms. The van der Waals surface area contributed by atoms with E-state index in [4.69, 9.17) is 9.47 Å². The van der Waals surface area contributed by atoms with E-state index in [1.807, 2.05) is 31.2 Å². The standard InChI is InChI=1S/C19H20N2O4/c1-2-24-17-6-3-15(4-7-17)5-8-18(22)25-14-13-21-19(23)16-9-11-20-12-10-16/h3-12H,2,13-14H2,1H3,(H,21,23)/b8-5+. The van der Waals surface area contributed by atoms with Crippen molar-refractivity contribution in [2.24, 2.45) is 0 Å². The first-order valence-corrected chi connectivity index (χ1v) is 7.95. The Labute approximate surface area is 146 Å². The Morgan fingerprint density at radius 3 is 2.52 bits per heavy atom. The molecule has 130 valence electrons. The maximum atomic E-state index is 11.8. The second-order valence-corrected chi connectivity index (χ2v) is 4.99. The number of nitrogens with zero attached hydrogens (tertiary/aromatic N) is 1. The fourth-order valence-corrected chi connectivity index (χ4v) is 1.98. The number of hydrogen-bond acceptors (Lipinski definition) is 5. The molecular formula is C19H20N2O4. The van der Waals surface area contributed by atoms with Crippen molar-refractivity contribution in [1.82, 2.24) is 10.3 Å². The second-order valence-electron chi connectivity index (χ2n) is 4.99. The monoisotopic (exact) mass is 340 g/mol. The molecule has 0 spiro atoms. The molecule has 1 aromatic carbocycles. The smallest absolute Gasteiger partial charge is 0.330 e. The van der Waals surface area contributed by atoms with Crippen molar-refractivity contribution in [2.45, 2.75) is 6.92 Å². The molecule has 0 unspecified atom stereocenters. The Kier molecular flexibility index (Phi) is 7.18. The third-order valence-corrected chi connectivity index (χ3v) is 3.18. The predicted molar refractivity (Wildman–Crippen MR) is 94.2 cm³/mol. The van der Waals surface area contributed by atoms with Crippen molar-refractivity contribution in [2.75, 3.05) is 19.8 Å². The SMILES string of the molecule is CCOc1ccc(/C=C/C(=O)OCCNC(=O)c2ccncc2)cc1. The van der Waals surface area contributed by atoms with Crippen LogP contribution in [0.5, 0.6) is 5.75 Å². The minimum absolute atomic E-state index is 0.100. The molecule has 2 aromatic rings. The van der Waals surface area contributed by atoms with Gasteiger partial charge in [-0.2, -0.15) is 0 Å². The molecule has 1 amide bonds. The largest absolute Gasteiger partial charge is 0.494 e. The average molecular weight is 340 g/mol. The van der Waals surface area contributed by atoms with Gasteiger partial charge in [0.25, 0.3) is 5.91 Å². The van der Waals surface area contributed by atoms with Crippen LogP contribution in [0.25, 0.3) is 6.08 Å². The third-order valence-electron chi connectivity index (χ3n) is 3.18. The van der Waals surface area contributed by atoms with Crippen molar-refractivity contribution in [3.63, 3.8) is 0 Å². The van der Waals surface area contributed by atoms with Crippen LogP contribution in [0.3, 0.4) is 0 Å². The molecule has 1 N–H and O–H groups in total. The minimum atomic E-state index is -0.466. The molecule has 0 saturated heterocycles. The van der Waals surface area contributed by atoms with E-state index in [9.17, 15) is 9.59 Å². The van der Waals surface area contributed by atoms with Gasteiger partial charge in [-0.3, -0.25) is 9.78 Å². The molecule has 0 aliphatic rings. The Morgan fingerprint density at radius 2 is 1.84 bits per heavy atom. The van der Waals surface area contributed by atoms with E-state index >= 15 is 0 Å². The Hall–Kier alpha value is -3.15. The van der Waals surface area contributed by atoms with Crippen molar-refractivity contribution in [3.8, 4) is 5.75 Å². The number of carbonyl (C=O) groups is 2. The van der Waals surface area contributed by atoms with Gasteiger partial charge in [0.15, 0.2) is 0 Å². The molecule has 2 rings (SSSR count). The highest BCUT2D eigenvalue weighted by molar-refractivity contribution is 5.94. The van der Waals surface area contributed by atoms with E-state index in [0.29, 0.717) is 12.2 Å². The van der Waals surface area contributed by atoms with E-state index in [2.05, 4.69) is 10.3 Å². The molecule has 6 nitrogen and oxygen atoms in total. The molecule has 0 radical (unpaired) electrons. The van der Waals surface area contributed by atoms with Crippen LogP contribution in [0, 0.1) is 0 Å². The van der Waals surface area contributed by atoms with Crippen LogP contribution in [0.2, 0.25) is 0 Å². The number of carbonyl (C=O) groups excluding carboxylic acids is 2. The summed E-state index contributed by atoms with van der Waals surface area (Å²) >= 11 is 0. The van der Waals surface area contributed by atoms with E-state index < -0.39 is 5.97 Å². The predicted octanol–water partition coefficient (Wildman–Crippen LogP) is 2.47. The lowest BCUT2D eigenvalue weighted by Crippen LogP contribution is -2.27. The van der Waals surface area contributed by atoms with Gasteiger partial charge in [-0.25, -0.2) is 4.79 Å². The summed E-state index contributed by atoms with van der Waals surface area (Å²) in [5.41, 5.74) is 1.38. The number of hydrogen-bond donors (Lipinski definition) is 1. The number of pyridine rings is 1. The van der Waals surface area contributed by atoms with Crippen molar-refractivity contribution >= 4 is 18.0 Å². The van der Waals surface area contributed by atoms with Crippen LogP contribution in [0.4, 0.5) is 0 Å². The summed E-state index contributed by atoms with van der Waals surface area (Å²) < 4.78 is 10.4. The summed E-state index contributed by atoms with van der Waals surface area (Å²) in [6.07, 6.45) is 6.09. The fourth-order valence-electron chi connectivity index (χ4n) is 1.98. The summed E-state index contributed by atoms with van der Waals surface area (Å²) in [7, 11) is 0. The maximum absolute atomic E-state index is 11.8. The van der Waals surface area contributed by atoms with Crippen LogP contribution in [0.1, 0.15) is 22.8 Å². The van der Waals surface area contributed by atoms with Gasteiger partial charge in [0, 0.05) is 24.0 Å². The number of esters is 1. The molecule has 0 fully saturated rings. The lowest BCUT2D eigenvalue weighted by Gasteiger charge is -2.05. The van der Waals surface area contributed by atoms with Crippen LogP contribution in [-0.4, -0.2) is 36.6 Å². The molecule has 1 aromatic heterocycles.